The molecule has 0 aromatic heterocycles. The van der Waals surface area contributed by atoms with Crippen LogP contribution < -0.4 is 32.7 Å². The maximum atomic E-state index is 12.2. The van der Waals surface area contributed by atoms with Crippen molar-refractivity contribution in [2.24, 2.45) is 17.4 Å². The zero-order valence-electron chi connectivity index (χ0n) is 19.6. The van der Waals surface area contributed by atoms with Gasteiger partial charge in [-0.15, -0.1) is 0 Å². The first kappa shape index (κ1) is 28.4. The minimum Gasteiger partial charge on any atom is -0.508 e. The molecule has 3 atom stereocenters. The number of carbonyl (C=O) groups is 5. The number of aromatic hydroxyl groups is 1. The van der Waals surface area contributed by atoms with Gasteiger partial charge in [0, 0.05) is 0 Å². The lowest BCUT2D eigenvalue weighted by Crippen LogP contribution is -2.52. The number of rotatable bonds is 13. The second kappa shape index (κ2) is 13.8. The first-order valence-corrected chi connectivity index (χ1v) is 10.9. The molecule has 188 valence electrons. The fraction of sp³-hybridized carbons (Fsp3) is 0.500. The Balaban J connectivity index is 2.37. The standard InChI is InChI=1S/C22H34N6O6/c1-12(2)8-17(20(24)32)28-19(31)11-25-18(30)10-26-21(33)13(3)27-22(34)16(23)9-14-4-6-15(29)7-5-14/h4-7,12-13,16-17,29H,8-11,23H2,1-3H3,(H2,24,32)(H,25,30)(H,26,33)(H,27,34)(H,28,31). The third kappa shape index (κ3) is 10.8. The van der Waals surface area contributed by atoms with E-state index in [0.29, 0.717) is 6.42 Å². The fourth-order valence-corrected chi connectivity index (χ4v) is 2.89. The number of phenolic OH excluding ortho intramolecular Hbond substituents is 1. The molecule has 1 aromatic rings. The van der Waals surface area contributed by atoms with Gasteiger partial charge in [0.1, 0.15) is 17.8 Å². The molecule has 0 spiro atoms. The Morgan fingerprint density at radius 1 is 0.882 bits per heavy atom. The van der Waals surface area contributed by atoms with Gasteiger partial charge in [0.2, 0.25) is 29.5 Å². The molecular weight excluding hydrogens is 444 g/mol. The average molecular weight is 479 g/mol. The highest BCUT2D eigenvalue weighted by Gasteiger charge is 2.22. The van der Waals surface area contributed by atoms with E-state index in [1.54, 1.807) is 12.1 Å². The number of benzene rings is 1. The summed E-state index contributed by atoms with van der Waals surface area (Å²) in [5, 5.41) is 18.9. The molecule has 0 saturated heterocycles. The van der Waals surface area contributed by atoms with Crippen LogP contribution in [0.5, 0.6) is 5.75 Å². The molecular formula is C22H34N6O6. The molecule has 0 bridgehead atoms. The SMILES string of the molecule is CC(C)CC(NC(=O)CNC(=O)CNC(=O)C(C)NC(=O)C(N)Cc1ccc(O)cc1)C(N)=O. The molecule has 0 saturated carbocycles. The van der Waals surface area contributed by atoms with E-state index in [2.05, 4.69) is 21.3 Å². The molecule has 3 unspecified atom stereocenters. The van der Waals surface area contributed by atoms with Crippen LogP contribution in [-0.2, 0) is 30.4 Å². The first-order valence-electron chi connectivity index (χ1n) is 10.9. The van der Waals surface area contributed by atoms with Crippen LogP contribution in [0.3, 0.4) is 0 Å². The Morgan fingerprint density at radius 3 is 2.03 bits per heavy atom. The summed E-state index contributed by atoms with van der Waals surface area (Å²) in [6, 6.07) is 3.52. The number of hydrogen-bond donors (Lipinski definition) is 7. The highest BCUT2D eigenvalue weighted by Crippen LogP contribution is 2.11. The largest absolute Gasteiger partial charge is 0.508 e. The number of primary amides is 1. The highest BCUT2D eigenvalue weighted by atomic mass is 16.3. The van der Waals surface area contributed by atoms with Crippen LogP contribution >= 0.6 is 0 Å². The number of nitrogens with two attached hydrogens (primary N) is 2. The summed E-state index contributed by atoms with van der Waals surface area (Å²) in [6.07, 6.45) is 0.575. The summed E-state index contributed by atoms with van der Waals surface area (Å²) in [5.74, 6) is -2.83. The number of amides is 5. The van der Waals surface area contributed by atoms with Gasteiger partial charge in [0.05, 0.1) is 19.1 Å². The van der Waals surface area contributed by atoms with Crippen molar-refractivity contribution in [3.63, 3.8) is 0 Å². The van der Waals surface area contributed by atoms with Gasteiger partial charge in [-0.25, -0.2) is 0 Å². The lowest BCUT2D eigenvalue weighted by Gasteiger charge is -2.18. The van der Waals surface area contributed by atoms with Crippen molar-refractivity contribution in [2.45, 2.75) is 51.7 Å². The molecule has 12 nitrogen and oxygen atoms in total. The van der Waals surface area contributed by atoms with E-state index >= 15 is 0 Å². The number of carbonyl (C=O) groups excluding carboxylic acids is 5. The van der Waals surface area contributed by atoms with E-state index in [0.717, 1.165) is 5.56 Å². The summed E-state index contributed by atoms with van der Waals surface area (Å²) in [5.41, 5.74) is 11.9. The molecule has 0 heterocycles. The maximum Gasteiger partial charge on any atom is 0.242 e. The lowest BCUT2D eigenvalue weighted by atomic mass is 10.0. The van der Waals surface area contributed by atoms with Crippen LogP contribution in [0.25, 0.3) is 0 Å². The first-order chi connectivity index (χ1) is 15.9. The zero-order valence-corrected chi connectivity index (χ0v) is 19.6. The van der Waals surface area contributed by atoms with Crippen molar-refractivity contribution in [1.29, 1.82) is 0 Å². The van der Waals surface area contributed by atoms with Crippen LogP contribution in [0.2, 0.25) is 0 Å². The number of nitrogens with one attached hydrogen (secondary N) is 4. The van der Waals surface area contributed by atoms with Crippen LogP contribution in [0, 0.1) is 5.92 Å². The second-order valence-corrected chi connectivity index (χ2v) is 8.35. The van der Waals surface area contributed by atoms with E-state index in [4.69, 9.17) is 11.5 Å². The minimum absolute atomic E-state index is 0.0951. The second-order valence-electron chi connectivity index (χ2n) is 8.35. The molecule has 12 heteroatoms. The van der Waals surface area contributed by atoms with Gasteiger partial charge in [-0.3, -0.25) is 24.0 Å². The monoisotopic (exact) mass is 478 g/mol. The molecule has 0 aliphatic rings. The molecule has 5 amide bonds. The summed E-state index contributed by atoms with van der Waals surface area (Å²) < 4.78 is 0. The molecule has 1 rings (SSSR count). The van der Waals surface area contributed by atoms with E-state index in [1.165, 1.54) is 19.1 Å². The van der Waals surface area contributed by atoms with Gasteiger partial charge in [0.25, 0.3) is 0 Å². The third-order valence-electron chi connectivity index (χ3n) is 4.74. The van der Waals surface area contributed by atoms with E-state index in [-0.39, 0.29) is 18.1 Å². The quantitative estimate of drug-likeness (QED) is 0.170. The fourth-order valence-electron chi connectivity index (χ4n) is 2.89. The van der Waals surface area contributed by atoms with Gasteiger partial charge >= 0.3 is 0 Å². The summed E-state index contributed by atoms with van der Waals surface area (Å²) in [7, 11) is 0. The van der Waals surface area contributed by atoms with Crippen molar-refractivity contribution < 1.29 is 29.1 Å². The smallest absolute Gasteiger partial charge is 0.242 e. The van der Waals surface area contributed by atoms with Crippen LogP contribution in [0.1, 0.15) is 32.8 Å². The molecule has 1 aromatic carbocycles. The van der Waals surface area contributed by atoms with Gasteiger partial charge < -0.3 is 37.8 Å². The van der Waals surface area contributed by atoms with Crippen molar-refractivity contribution in [2.75, 3.05) is 13.1 Å². The van der Waals surface area contributed by atoms with Crippen molar-refractivity contribution in [1.82, 2.24) is 21.3 Å². The topological polar surface area (TPSA) is 206 Å². The van der Waals surface area contributed by atoms with Crippen molar-refractivity contribution in [3.05, 3.63) is 29.8 Å². The molecule has 34 heavy (non-hydrogen) atoms. The van der Waals surface area contributed by atoms with Crippen molar-refractivity contribution in [3.8, 4) is 5.75 Å². The molecule has 0 fully saturated rings. The van der Waals surface area contributed by atoms with Crippen LogP contribution in [-0.4, -0.2) is 65.9 Å². The predicted octanol–water partition coefficient (Wildman–Crippen LogP) is -1.98. The van der Waals surface area contributed by atoms with Gasteiger partial charge in [-0.2, -0.15) is 0 Å². The summed E-state index contributed by atoms with van der Waals surface area (Å²) in [4.78, 5) is 59.6. The normalized spacial score (nSPS) is 13.3. The molecule has 0 aliphatic heterocycles. The van der Waals surface area contributed by atoms with Crippen LogP contribution in [0.15, 0.2) is 24.3 Å². The molecule has 9 N–H and O–H groups in total. The predicted molar refractivity (Wildman–Crippen MR) is 124 cm³/mol. The Kier molecular flexibility index (Phi) is 11.5. The number of hydrogen-bond acceptors (Lipinski definition) is 7. The average Bonchev–Trinajstić information content (AvgIpc) is 2.76. The van der Waals surface area contributed by atoms with Gasteiger partial charge in [0.15, 0.2) is 0 Å². The Labute approximate surface area is 198 Å². The summed E-state index contributed by atoms with van der Waals surface area (Å²) >= 11 is 0. The Bertz CT molecular complexity index is 873. The van der Waals surface area contributed by atoms with E-state index in [1.807, 2.05) is 13.8 Å². The zero-order chi connectivity index (χ0) is 25.8. The maximum absolute atomic E-state index is 12.2. The molecule has 0 aliphatic carbocycles. The minimum atomic E-state index is -0.957. The van der Waals surface area contributed by atoms with Crippen molar-refractivity contribution >= 4 is 29.5 Å². The van der Waals surface area contributed by atoms with E-state index in [9.17, 15) is 29.1 Å². The lowest BCUT2D eigenvalue weighted by molar-refractivity contribution is -0.131. The Morgan fingerprint density at radius 2 is 1.47 bits per heavy atom. The summed E-state index contributed by atoms with van der Waals surface area (Å²) in [6.45, 7) is 4.37. The molecule has 0 radical (unpaired) electrons. The highest BCUT2D eigenvalue weighted by molar-refractivity contribution is 5.93. The number of phenols is 1. The van der Waals surface area contributed by atoms with Gasteiger partial charge in [-0.05, 0) is 43.4 Å². The Hall–Kier alpha value is -3.67. The van der Waals surface area contributed by atoms with Crippen LogP contribution in [0.4, 0.5) is 0 Å². The van der Waals surface area contributed by atoms with Gasteiger partial charge in [-0.1, -0.05) is 26.0 Å². The van der Waals surface area contributed by atoms with E-state index < -0.39 is 60.8 Å². The third-order valence-corrected chi connectivity index (χ3v) is 4.74.